The number of hydrogen-bond donors (Lipinski definition) is 2. The first-order valence-electron chi connectivity index (χ1n) is 6.10. The van der Waals surface area contributed by atoms with Crippen LogP contribution in [0.4, 0.5) is 0 Å². The Labute approximate surface area is 110 Å². The van der Waals surface area contributed by atoms with Crippen molar-refractivity contribution in [3.8, 4) is 5.75 Å². The molecule has 0 atom stereocenters. The molecule has 0 radical (unpaired) electrons. The maximum Gasteiger partial charge on any atom is 0.134 e. The van der Waals surface area contributed by atoms with Gasteiger partial charge in [-0.25, -0.2) is 0 Å². The highest BCUT2D eigenvalue weighted by Gasteiger charge is 2.04. The number of H-pyrrole nitrogens is 1. The molecule has 0 unspecified atom stereocenters. The average molecular weight is 257 g/mol. The minimum atomic E-state index is 0.677. The Morgan fingerprint density at radius 3 is 3.00 bits per heavy atom. The van der Waals surface area contributed by atoms with E-state index in [2.05, 4.69) is 15.5 Å². The number of benzene rings is 1. The third-order valence-corrected chi connectivity index (χ3v) is 2.95. The van der Waals surface area contributed by atoms with E-state index in [4.69, 9.17) is 9.15 Å². The number of hydrogen-bond acceptors (Lipinski definition) is 4. The molecule has 0 fully saturated rings. The van der Waals surface area contributed by atoms with Gasteiger partial charge in [0.15, 0.2) is 0 Å². The highest BCUT2D eigenvalue weighted by atomic mass is 16.5. The van der Waals surface area contributed by atoms with Gasteiger partial charge in [0, 0.05) is 23.8 Å². The van der Waals surface area contributed by atoms with Gasteiger partial charge in [-0.15, -0.1) is 0 Å². The molecule has 19 heavy (non-hydrogen) atoms. The number of nitrogens with zero attached hydrogens (tertiary/aromatic N) is 1. The molecular formula is C14H15N3O2. The lowest BCUT2D eigenvalue weighted by atomic mass is 10.2. The molecule has 1 aromatic carbocycles. The molecule has 0 saturated heterocycles. The van der Waals surface area contributed by atoms with Gasteiger partial charge < -0.3 is 14.5 Å². The van der Waals surface area contributed by atoms with Crippen LogP contribution in [0.3, 0.4) is 0 Å². The lowest BCUT2D eigenvalue weighted by Crippen LogP contribution is -2.12. The van der Waals surface area contributed by atoms with Crippen molar-refractivity contribution < 1.29 is 9.15 Å². The summed E-state index contributed by atoms with van der Waals surface area (Å²) in [5.74, 6) is 1.74. The summed E-state index contributed by atoms with van der Waals surface area (Å²) < 4.78 is 10.9. The number of aromatic amines is 1. The van der Waals surface area contributed by atoms with Crippen molar-refractivity contribution in [1.82, 2.24) is 15.5 Å². The monoisotopic (exact) mass is 257 g/mol. The van der Waals surface area contributed by atoms with Crippen LogP contribution in [0.5, 0.6) is 5.75 Å². The Morgan fingerprint density at radius 2 is 2.21 bits per heavy atom. The molecule has 0 saturated carbocycles. The summed E-state index contributed by atoms with van der Waals surface area (Å²) in [5.41, 5.74) is 1.93. The number of rotatable bonds is 5. The van der Waals surface area contributed by atoms with Crippen LogP contribution in [0, 0.1) is 0 Å². The van der Waals surface area contributed by atoms with Crippen molar-refractivity contribution in [2.45, 2.75) is 13.1 Å². The first-order chi connectivity index (χ1) is 9.35. The fourth-order valence-corrected chi connectivity index (χ4v) is 1.99. The Bertz CT molecular complexity index is 658. The minimum absolute atomic E-state index is 0.677. The largest absolute Gasteiger partial charge is 0.497 e. The highest BCUT2D eigenvalue weighted by Crippen LogP contribution is 2.24. The number of methoxy groups -OCH3 is 1. The fourth-order valence-electron chi connectivity index (χ4n) is 1.99. The molecule has 0 aliphatic rings. The van der Waals surface area contributed by atoms with Gasteiger partial charge in [-0.1, -0.05) is 0 Å². The van der Waals surface area contributed by atoms with Crippen molar-refractivity contribution in [2.24, 2.45) is 0 Å². The zero-order valence-corrected chi connectivity index (χ0v) is 10.6. The quantitative estimate of drug-likeness (QED) is 0.737. The van der Waals surface area contributed by atoms with Gasteiger partial charge in [-0.05, 0) is 30.3 Å². The highest BCUT2D eigenvalue weighted by molar-refractivity contribution is 5.79. The van der Waals surface area contributed by atoms with Crippen molar-refractivity contribution in [3.05, 3.63) is 48.0 Å². The Kier molecular flexibility index (Phi) is 3.20. The fraction of sp³-hybridized carbons (Fsp3) is 0.214. The topological polar surface area (TPSA) is 63.1 Å². The normalized spacial score (nSPS) is 11.0. The zero-order valence-electron chi connectivity index (χ0n) is 10.6. The van der Waals surface area contributed by atoms with Crippen LogP contribution >= 0.6 is 0 Å². The summed E-state index contributed by atoms with van der Waals surface area (Å²) in [6.45, 7) is 1.41. The van der Waals surface area contributed by atoms with Crippen LogP contribution in [0.2, 0.25) is 0 Å². The number of furan rings is 1. The second-order valence-corrected chi connectivity index (χ2v) is 4.30. The van der Waals surface area contributed by atoms with Crippen molar-refractivity contribution in [1.29, 1.82) is 0 Å². The van der Waals surface area contributed by atoms with E-state index >= 15 is 0 Å². The van der Waals surface area contributed by atoms with Gasteiger partial charge in [0.05, 0.1) is 13.7 Å². The molecule has 3 rings (SSSR count). The van der Waals surface area contributed by atoms with Crippen LogP contribution in [0.1, 0.15) is 11.5 Å². The second-order valence-electron chi connectivity index (χ2n) is 4.30. The Morgan fingerprint density at radius 1 is 1.26 bits per heavy atom. The van der Waals surface area contributed by atoms with E-state index in [0.717, 1.165) is 34.7 Å². The molecular weight excluding hydrogens is 242 g/mol. The summed E-state index contributed by atoms with van der Waals surface area (Å²) in [6, 6.07) is 9.76. The van der Waals surface area contributed by atoms with E-state index in [1.165, 1.54) is 0 Å². The predicted molar refractivity (Wildman–Crippen MR) is 71.9 cm³/mol. The first-order valence-corrected chi connectivity index (χ1v) is 6.10. The molecule has 0 aliphatic heterocycles. The van der Waals surface area contributed by atoms with E-state index in [1.54, 1.807) is 13.3 Å². The molecule has 98 valence electrons. The van der Waals surface area contributed by atoms with Crippen molar-refractivity contribution in [2.75, 3.05) is 7.11 Å². The predicted octanol–water partition coefficient (Wildman–Crippen LogP) is 2.45. The third kappa shape index (κ3) is 2.61. The van der Waals surface area contributed by atoms with Crippen LogP contribution in [-0.4, -0.2) is 17.3 Å². The van der Waals surface area contributed by atoms with Crippen molar-refractivity contribution in [3.63, 3.8) is 0 Å². The number of nitrogens with one attached hydrogen (secondary N) is 2. The maximum absolute atomic E-state index is 5.74. The van der Waals surface area contributed by atoms with Crippen molar-refractivity contribution >= 4 is 11.0 Å². The number of aromatic nitrogens is 2. The Balaban J connectivity index is 1.67. The maximum atomic E-state index is 5.74. The van der Waals surface area contributed by atoms with Crippen LogP contribution < -0.4 is 10.1 Å². The summed E-state index contributed by atoms with van der Waals surface area (Å²) in [4.78, 5) is 0. The van der Waals surface area contributed by atoms with Gasteiger partial charge >= 0.3 is 0 Å². The van der Waals surface area contributed by atoms with E-state index in [-0.39, 0.29) is 0 Å². The molecule has 0 aliphatic carbocycles. The van der Waals surface area contributed by atoms with E-state index in [0.29, 0.717) is 6.54 Å². The average Bonchev–Trinajstić information content (AvgIpc) is 3.06. The molecule has 0 bridgehead atoms. The van der Waals surface area contributed by atoms with E-state index in [9.17, 15) is 0 Å². The summed E-state index contributed by atoms with van der Waals surface area (Å²) >= 11 is 0. The Hall–Kier alpha value is -2.27. The second kappa shape index (κ2) is 5.16. The lowest BCUT2D eigenvalue weighted by molar-refractivity contribution is 0.415. The van der Waals surface area contributed by atoms with Gasteiger partial charge in [0.25, 0.3) is 0 Å². The molecule has 2 N–H and O–H groups in total. The first kappa shape index (κ1) is 11.8. The third-order valence-electron chi connectivity index (χ3n) is 2.95. The van der Waals surface area contributed by atoms with Crippen LogP contribution in [0.15, 0.2) is 40.9 Å². The molecule has 5 nitrogen and oxygen atoms in total. The van der Waals surface area contributed by atoms with Crippen LogP contribution in [0.25, 0.3) is 11.0 Å². The molecule has 2 aromatic heterocycles. The van der Waals surface area contributed by atoms with Gasteiger partial charge in [0.1, 0.15) is 17.1 Å². The zero-order chi connectivity index (χ0) is 13.1. The standard InChI is InChI=1S/C14H15N3O2/c1-18-12-2-3-14-10(6-12)7-13(19-14)9-15-8-11-4-5-16-17-11/h2-7,15H,8-9H2,1H3,(H,16,17). The lowest BCUT2D eigenvalue weighted by Gasteiger charge is -1.99. The van der Waals surface area contributed by atoms with E-state index < -0.39 is 0 Å². The van der Waals surface area contributed by atoms with Gasteiger partial charge in [0.2, 0.25) is 0 Å². The number of ether oxygens (including phenoxy) is 1. The number of fused-ring (bicyclic) bond motifs is 1. The summed E-state index contributed by atoms with van der Waals surface area (Å²) in [5, 5.41) is 11.2. The molecule has 0 spiro atoms. The molecule has 3 aromatic rings. The molecule has 0 amide bonds. The van der Waals surface area contributed by atoms with Crippen LogP contribution in [-0.2, 0) is 13.1 Å². The van der Waals surface area contributed by atoms with Gasteiger partial charge in [-0.2, -0.15) is 5.10 Å². The minimum Gasteiger partial charge on any atom is -0.497 e. The SMILES string of the molecule is COc1ccc2oc(CNCc3ccn[nH]3)cc2c1. The summed E-state index contributed by atoms with van der Waals surface area (Å²) in [7, 11) is 1.66. The van der Waals surface area contributed by atoms with Gasteiger partial charge in [-0.3, -0.25) is 5.10 Å². The smallest absolute Gasteiger partial charge is 0.134 e. The molecule has 2 heterocycles. The summed E-state index contributed by atoms with van der Waals surface area (Å²) in [6.07, 6.45) is 1.74. The van der Waals surface area contributed by atoms with E-state index in [1.807, 2.05) is 30.3 Å². The molecule has 5 heteroatoms.